The number of carbonyl (C=O) groups excluding carboxylic acids is 1. The van der Waals surface area contributed by atoms with Gasteiger partial charge in [-0.05, 0) is 42.8 Å². The number of aromatic nitrogens is 1. The van der Waals surface area contributed by atoms with E-state index < -0.39 is 0 Å². The van der Waals surface area contributed by atoms with Crippen LogP contribution in [0, 0.1) is 6.92 Å². The molecule has 0 atom stereocenters. The molecule has 0 spiro atoms. The molecule has 1 aromatic heterocycles. The second kappa shape index (κ2) is 9.45. The van der Waals surface area contributed by atoms with Crippen molar-refractivity contribution in [1.82, 2.24) is 4.98 Å². The fourth-order valence-corrected chi connectivity index (χ4v) is 4.52. The molecule has 0 saturated carbocycles. The van der Waals surface area contributed by atoms with Gasteiger partial charge in [-0.15, -0.1) is 0 Å². The first-order chi connectivity index (χ1) is 15.1. The van der Waals surface area contributed by atoms with Crippen molar-refractivity contribution >= 4 is 16.9 Å². The Kier molecular flexibility index (Phi) is 6.49. The minimum absolute atomic E-state index is 0.297. The molecule has 6 heteroatoms. The molecule has 1 aliphatic heterocycles. The summed E-state index contributed by atoms with van der Waals surface area (Å²) in [5.74, 6) is 0.599. The van der Waals surface area contributed by atoms with E-state index in [4.69, 9.17) is 14.5 Å². The molecule has 1 fully saturated rings. The monoisotopic (exact) mass is 421 g/mol. The van der Waals surface area contributed by atoms with Crippen LogP contribution >= 0.6 is 0 Å². The van der Waals surface area contributed by atoms with E-state index >= 15 is 0 Å². The Morgan fingerprint density at radius 1 is 0.935 bits per heavy atom. The lowest BCUT2D eigenvalue weighted by Crippen LogP contribution is -3.27. The zero-order valence-corrected chi connectivity index (χ0v) is 18.5. The van der Waals surface area contributed by atoms with Crippen molar-refractivity contribution in [3.05, 3.63) is 70.9 Å². The molecule has 162 valence electrons. The molecule has 0 bridgehead atoms. The molecule has 31 heavy (non-hydrogen) atoms. The van der Waals surface area contributed by atoms with Crippen LogP contribution in [0.15, 0.2) is 48.5 Å². The minimum atomic E-state index is -0.297. The number of carbonyl (C=O) groups is 1. The minimum Gasteiger partial charge on any atom is -0.497 e. The average Bonchev–Trinajstić information content (AvgIpc) is 2.80. The van der Waals surface area contributed by atoms with E-state index in [0.29, 0.717) is 5.56 Å². The third-order valence-electron chi connectivity index (χ3n) is 6.31. The number of hydrogen-bond donors (Lipinski definition) is 2. The van der Waals surface area contributed by atoms with Crippen LogP contribution in [-0.4, -0.2) is 51.4 Å². The summed E-state index contributed by atoms with van der Waals surface area (Å²) < 4.78 is 10.3. The molecule has 0 radical (unpaired) electrons. The van der Waals surface area contributed by atoms with Crippen LogP contribution in [0.4, 0.5) is 0 Å². The number of fused-ring (bicyclic) bond motifs is 1. The number of nitrogens with one attached hydrogen (secondary N) is 2. The third kappa shape index (κ3) is 4.70. The smallest absolute Gasteiger partial charge is 0.340 e. The second-order valence-corrected chi connectivity index (χ2v) is 8.27. The van der Waals surface area contributed by atoms with Gasteiger partial charge in [0, 0.05) is 10.9 Å². The van der Waals surface area contributed by atoms with E-state index in [1.165, 1.54) is 17.6 Å². The van der Waals surface area contributed by atoms with Gasteiger partial charge in [-0.1, -0.05) is 18.2 Å². The number of para-hydroxylation sites is 1. The van der Waals surface area contributed by atoms with Crippen LogP contribution in [-0.2, 0) is 17.8 Å². The van der Waals surface area contributed by atoms with Gasteiger partial charge in [0.1, 0.15) is 50.7 Å². The van der Waals surface area contributed by atoms with Crippen LogP contribution in [0.1, 0.15) is 27.2 Å². The number of pyridine rings is 1. The van der Waals surface area contributed by atoms with Crippen LogP contribution < -0.4 is 14.5 Å². The fraction of sp³-hybridized carbons (Fsp3) is 0.360. The molecule has 0 unspecified atom stereocenters. The van der Waals surface area contributed by atoms with Crippen molar-refractivity contribution in [3.8, 4) is 5.75 Å². The van der Waals surface area contributed by atoms with Crippen molar-refractivity contribution in [2.24, 2.45) is 0 Å². The number of piperazine rings is 1. The number of benzene rings is 2. The van der Waals surface area contributed by atoms with Crippen molar-refractivity contribution in [2.45, 2.75) is 20.0 Å². The van der Waals surface area contributed by atoms with Crippen LogP contribution in [0.5, 0.6) is 5.75 Å². The molecule has 0 aliphatic carbocycles. The number of quaternary nitrogens is 2. The maximum Gasteiger partial charge on any atom is 0.340 e. The first-order valence-electron chi connectivity index (χ1n) is 10.9. The quantitative estimate of drug-likeness (QED) is 0.579. The van der Waals surface area contributed by atoms with Crippen molar-refractivity contribution in [3.63, 3.8) is 0 Å². The summed E-state index contributed by atoms with van der Waals surface area (Å²) in [6.45, 7) is 8.07. The normalized spacial score (nSPS) is 18.7. The Morgan fingerprint density at radius 2 is 1.58 bits per heavy atom. The molecule has 0 amide bonds. The van der Waals surface area contributed by atoms with Gasteiger partial charge in [0.2, 0.25) is 0 Å². The molecule has 3 aromatic rings. The van der Waals surface area contributed by atoms with Gasteiger partial charge in [0.05, 0.1) is 25.3 Å². The van der Waals surface area contributed by atoms with Crippen molar-refractivity contribution in [1.29, 1.82) is 0 Å². The SMILES string of the molecule is COC(=O)c1c(C[NH+]2CC[NH+](Cc3ccc(OC)cc3)CC2)nc2ccccc2c1C. The van der Waals surface area contributed by atoms with Gasteiger partial charge in [0.15, 0.2) is 0 Å². The lowest BCUT2D eigenvalue weighted by atomic mass is 10.0. The molecule has 2 heterocycles. The molecule has 4 rings (SSSR count). The van der Waals surface area contributed by atoms with Gasteiger partial charge in [-0.25, -0.2) is 9.78 Å². The van der Waals surface area contributed by atoms with E-state index in [1.54, 1.807) is 12.0 Å². The summed E-state index contributed by atoms with van der Waals surface area (Å²) in [4.78, 5) is 20.5. The molecule has 2 aromatic carbocycles. The highest BCUT2D eigenvalue weighted by Crippen LogP contribution is 2.23. The first-order valence-corrected chi connectivity index (χ1v) is 10.9. The maximum atomic E-state index is 12.6. The molecule has 1 aliphatic rings. The molecular formula is C25H31N3O3+2. The lowest BCUT2D eigenvalue weighted by molar-refractivity contribution is -1.02. The molecule has 2 N–H and O–H groups in total. The fourth-order valence-electron chi connectivity index (χ4n) is 4.52. The second-order valence-electron chi connectivity index (χ2n) is 8.27. The van der Waals surface area contributed by atoms with Crippen LogP contribution in [0.25, 0.3) is 10.9 Å². The number of esters is 1. The highest BCUT2D eigenvalue weighted by Gasteiger charge is 2.27. The standard InChI is InChI=1S/C25H29N3O3/c1-18-21-6-4-5-7-22(21)26-23(24(18)25(29)31-3)17-28-14-12-27(13-15-28)16-19-8-10-20(30-2)11-9-19/h4-11H,12-17H2,1-3H3/p+2. The third-order valence-corrected chi connectivity index (χ3v) is 6.31. The summed E-state index contributed by atoms with van der Waals surface area (Å²) in [6, 6.07) is 16.3. The lowest BCUT2D eigenvalue weighted by Gasteiger charge is -2.30. The summed E-state index contributed by atoms with van der Waals surface area (Å²) in [5.41, 5.74) is 4.69. The van der Waals surface area contributed by atoms with Gasteiger partial charge in [-0.3, -0.25) is 0 Å². The summed E-state index contributed by atoms with van der Waals surface area (Å²) in [5, 5.41) is 1.01. The summed E-state index contributed by atoms with van der Waals surface area (Å²) >= 11 is 0. The van der Waals surface area contributed by atoms with Crippen LogP contribution in [0.2, 0.25) is 0 Å². The van der Waals surface area contributed by atoms with E-state index in [0.717, 1.165) is 67.2 Å². The number of nitrogens with zero attached hydrogens (tertiary/aromatic N) is 1. The molecular weight excluding hydrogens is 390 g/mol. The largest absolute Gasteiger partial charge is 0.497 e. The van der Waals surface area contributed by atoms with Gasteiger partial charge in [0.25, 0.3) is 0 Å². The Balaban J connectivity index is 1.45. The Labute approximate surface area is 183 Å². The molecule has 6 nitrogen and oxygen atoms in total. The number of methoxy groups -OCH3 is 2. The number of rotatable bonds is 6. The number of aryl methyl sites for hydroxylation is 1. The zero-order chi connectivity index (χ0) is 21.8. The van der Waals surface area contributed by atoms with Crippen LogP contribution in [0.3, 0.4) is 0 Å². The topological polar surface area (TPSA) is 57.3 Å². The summed E-state index contributed by atoms with van der Waals surface area (Å²) in [7, 11) is 3.13. The number of ether oxygens (including phenoxy) is 2. The Morgan fingerprint density at radius 3 is 2.23 bits per heavy atom. The van der Waals surface area contributed by atoms with Crippen molar-refractivity contribution in [2.75, 3.05) is 40.4 Å². The maximum absolute atomic E-state index is 12.6. The highest BCUT2D eigenvalue weighted by molar-refractivity contribution is 5.98. The van der Waals surface area contributed by atoms with E-state index in [-0.39, 0.29) is 5.97 Å². The predicted octanol–water partition coefficient (Wildman–Crippen LogP) is 0.822. The van der Waals surface area contributed by atoms with Crippen molar-refractivity contribution < 1.29 is 24.1 Å². The zero-order valence-electron chi connectivity index (χ0n) is 18.5. The van der Waals surface area contributed by atoms with E-state index in [9.17, 15) is 4.79 Å². The Hall–Kier alpha value is -2.96. The first kappa shape index (κ1) is 21.3. The van der Waals surface area contributed by atoms with E-state index in [2.05, 4.69) is 12.1 Å². The summed E-state index contributed by atoms with van der Waals surface area (Å²) in [6.07, 6.45) is 0. The van der Waals surface area contributed by atoms with Gasteiger partial charge < -0.3 is 19.3 Å². The number of hydrogen-bond acceptors (Lipinski definition) is 4. The van der Waals surface area contributed by atoms with E-state index in [1.807, 2.05) is 43.3 Å². The van der Waals surface area contributed by atoms with Gasteiger partial charge in [-0.2, -0.15) is 0 Å². The molecule has 1 saturated heterocycles. The van der Waals surface area contributed by atoms with Gasteiger partial charge >= 0.3 is 5.97 Å². The Bertz CT molecular complexity index is 1060. The predicted molar refractivity (Wildman–Crippen MR) is 120 cm³/mol. The highest BCUT2D eigenvalue weighted by atomic mass is 16.5. The average molecular weight is 422 g/mol.